The van der Waals surface area contributed by atoms with Crippen molar-refractivity contribution in [3.8, 4) is 27.8 Å². The monoisotopic (exact) mass is 654 g/mol. The van der Waals surface area contributed by atoms with Crippen molar-refractivity contribution >= 4 is 76.6 Å². The predicted octanol–water partition coefficient (Wildman–Crippen LogP) is 8.83. The number of ether oxygens (including phenoxy) is 1. The van der Waals surface area contributed by atoms with Crippen LogP contribution >= 0.6 is 11.3 Å². The minimum absolute atomic E-state index is 0.186. The Bertz CT molecular complexity index is 2930. The van der Waals surface area contributed by atoms with E-state index in [1.807, 2.05) is 12.1 Å². The Kier molecular flexibility index (Phi) is 6.03. The Labute approximate surface area is 284 Å². The van der Waals surface area contributed by atoms with Crippen LogP contribution in [0.5, 0.6) is 5.75 Å². The normalized spacial score (nSPS) is 12.1. The van der Waals surface area contributed by atoms with Crippen molar-refractivity contribution in [2.75, 3.05) is 7.11 Å². The number of aliphatic hydroxyl groups is 1. The van der Waals surface area contributed by atoms with E-state index in [0.29, 0.717) is 10.1 Å². The van der Waals surface area contributed by atoms with E-state index >= 15 is 0 Å². The van der Waals surface area contributed by atoms with E-state index in [0.717, 1.165) is 66.4 Å². The Balaban J connectivity index is 1.52. The SMILES string of the molecule is COc1ccc2c(c1)c(-c1ccc(C)cc1)c(-[n+]1c3ccccc3nc3c4cccc5ccc6cccc(c6c54)c31)n2-c1nnc(CO)s1. The zero-order chi connectivity index (χ0) is 32.8. The van der Waals surface area contributed by atoms with Crippen LogP contribution in [0.4, 0.5) is 0 Å². The molecule has 0 bridgehead atoms. The van der Waals surface area contributed by atoms with Gasteiger partial charge < -0.3 is 9.84 Å². The van der Waals surface area contributed by atoms with Crippen molar-refractivity contribution in [1.82, 2.24) is 19.7 Å². The molecule has 1 N–H and O–H groups in total. The molecule has 234 valence electrons. The molecule has 0 atom stereocenters. The second-order valence-corrected chi connectivity index (χ2v) is 13.5. The highest BCUT2D eigenvalue weighted by atomic mass is 32.1. The van der Waals surface area contributed by atoms with Gasteiger partial charge in [0.25, 0.3) is 0 Å². The summed E-state index contributed by atoms with van der Waals surface area (Å²) in [6.07, 6.45) is 0. The van der Waals surface area contributed by atoms with Crippen LogP contribution < -0.4 is 9.30 Å². The Morgan fingerprint density at radius 1 is 0.776 bits per heavy atom. The van der Waals surface area contributed by atoms with Gasteiger partial charge >= 0.3 is 10.9 Å². The van der Waals surface area contributed by atoms with Gasteiger partial charge in [-0.2, -0.15) is 9.13 Å². The maximum atomic E-state index is 10.1. The first-order valence-electron chi connectivity index (χ1n) is 16.2. The summed E-state index contributed by atoms with van der Waals surface area (Å²) in [5.74, 6) is 1.67. The summed E-state index contributed by atoms with van der Waals surface area (Å²) >= 11 is 1.38. The number of para-hydroxylation sites is 2. The van der Waals surface area contributed by atoms with Crippen LogP contribution in [0, 0.1) is 6.92 Å². The van der Waals surface area contributed by atoms with Gasteiger partial charge in [-0.05, 0) is 65.0 Å². The minimum Gasteiger partial charge on any atom is -0.497 e. The molecule has 0 spiro atoms. The molecule has 7 nitrogen and oxygen atoms in total. The first kappa shape index (κ1) is 28.1. The number of hydrogen-bond acceptors (Lipinski definition) is 6. The molecular formula is C41H28N5O2S+. The van der Waals surface area contributed by atoms with Gasteiger partial charge in [-0.25, -0.2) is 4.98 Å². The number of aliphatic hydroxyl groups excluding tert-OH is 1. The van der Waals surface area contributed by atoms with Crippen molar-refractivity contribution in [3.63, 3.8) is 0 Å². The molecule has 0 saturated heterocycles. The quantitative estimate of drug-likeness (QED) is 0.114. The third-order valence-corrected chi connectivity index (χ3v) is 10.6. The molecule has 3 heterocycles. The molecule has 8 heteroatoms. The van der Waals surface area contributed by atoms with Gasteiger partial charge in [0, 0.05) is 21.5 Å². The van der Waals surface area contributed by atoms with Crippen LogP contribution in [0.3, 0.4) is 0 Å². The van der Waals surface area contributed by atoms with Crippen molar-refractivity contribution < 1.29 is 14.4 Å². The minimum atomic E-state index is -0.186. The lowest BCUT2D eigenvalue weighted by molar-refractivity contribution is -0.541. The molecule has 10 aromatic rings. The summed E-state index contributed by atoms with van der Waals surface area (Å²) in [5.41, 5.74) is 7.98. The molecule has 10 rings (SSSR count). The van der Waals surface area contributed by atoms with E-state index in [9.17, 15) is 5.11 Å². The van der Waals surface area contributed by atoms with Crippen molar-refractivity contribution in [3.05, 3.63) is 126 Å². The molecule has 0 unspecified atom stereocenters. The third-order valence-electron chi connectivity index (χ3n) is 9.68. The number of rotatable bonds is 5. The highest BCUT2D eigenvalue weighted by Gasteiger charge is 2.35. The number of aryl methyl sites for hydroxylation is 1. The largest absolute Gasteiger partial charge is 0.497 e. The van der Waals surface area contributed by atoms with Gasteiger partial charge in [-0.15, -0.1) is 5.10 Å². The Morgan fingerprint density at radius 3 is 2.29 bits per heavy atom. The lowest BCUT2D eigenvalue weighted by Gasteiger charge is -2.17. The summed E-state index contributed by atoms with van der Waals surface area (Å²) in [4.78, 5) is 5.42. The molecule has 49 heavy (non-hydrogen) atoms. The van der Waals surface area contributed by atoms with Crippen LogP contribution in [0.2, 0.25) is 0 Å². The highest BCUT2D eigenvalue weighted by Crippen LogP contribution is 2.43. The molecule has 0 saturated carbocycles. The number of benzene rings is 7. The van der Waals surface area contributed by atoms with E-state index in [1.54, 1.807) is 7.11 Å². The third kappa shape index (κ3) is 3.99. The molecule has 0 fully saturated rings. The second kappa shape index (κ2) is 10.5. The van der Waals surface area contributed by atoms with Crippen LogP contribution in [0.1, 0.15) is 10.6 Å². The molecular weight excluding hydrogens is 627 g/mol. The van der Waals surface area contributed by atoms with Gasteiger partial charge in [-0.1, -0.05) is 101 Å². The topological polar surface area (TPSA) is 76.9 Å². The first-order valence-corrected chi connectivity index (χ1v) is 17.0. The highest BCUT2D eigenvalue weighted by molar-refractivity contribution is 7.13. The number of aromatic nitrogens is 5. The van der Waals surface area contributed by atoms with E-state index in [1.165, 1.54) is 38.4 Å². The fraction of sp³-hybridized carbons (Fsp3) is 0.0732. The summed E-state index contributed by atoms with van der Waals surface area (Å²) in [6.45, 7) is 1.92. The standard InChI is InChI=1S/C41H28N5O2S/c1-23-13-15-26(16-14-23)37-30-21-27(48-2)19-20-32(30)46(41-44-43-34(22-47)49-41)40(37)45-33-12-4-3-11-31(33)42-38-28-9-5-7-24-17-18-25-8-6-10-29(39(38)45)36(25)35(24)28/h3-21,47H,22H2,1-2H3/q+1. The number of methoxy groups -OCH3 is 1. The summed E-state index contributed by atoms with van der Waals surface area (Å²) in [6, 6.07) is 40.7. The van der Waals surface area contributed by atoms with Crippen LogP contribution in [-0.2, 0) is 6.61 Å². The van der Waals surface area contributed by atoms with Crippen LogP contribution in [0.15, 0.2) is 115 Å². The summed E-state index contributed by atoms with van der Waals surface area (Å²) in [7, 11) is 1.70. The molecule has 3 aromatic heterocycles. The molecule has 7 aromatic carbocycles. The van der Waals surface area contributed by atoms with Crippen molar-refractivity contribution in [2.45, 2.75) is 13.5 Å². The number of fused-ring (bicyclic) bond motifs is 5. The maximum absolute atomic E-state index is 10.1. The van der Waals surface area contributed by atoms with Gasteiger partial charge in [0.2, 0.25) is 0 Å². The Hall–Kier alpha value is -5.96. The smallest absolute Gasteiger partial charge is 0.305 e. The van der Waals surface area contributed by atoms with E-state index < -0.39 is 0 Å². The zero-order valence-corrected chi connectivity index (χ0v) is 27.5. The van der Waals surface area contributed by atoms with Gasteiger partial charge in [0.05, 0.1) is 19.3 Å². The van der Waals surface area contributed by atoms with E-state index in [2.05, 4.69) is 129 Å². The predicted molar refractivity (Wildman–Crippen MR) is 197 cm³/mol. The lowest BCUT2D eigenvalue weighted by Crippen LogP contribution is -2.36. The fourth-order valence-electron chi connectivity index (χ4n) is 7.55. The van der Waals surface area contributed by atoms with E-state index in [-0.39, 0.29) is 6.61 Å². The van der Waals surface area contributed by atoms with Gasteiger partial charge in [0.1, 0.15) is 27.3 Å². The van der Waals surface area contributed by atoms with E-state index in [4.69, 9.17) is 9.72 Å². The molecule has 0 radical (unpaired) electrons. The Morgan fingerprint density at radius 2 is 1.53 bits per heavy atom. The summed E-state index contributed by atoms with van der Waals surface area (Å²) < 4.78 is 10.4. The molecule has 0 aliphatic carbocycles. The number of nitrogens with zero attached hydrogens (tertiary/aromatic N) is 5. The van der Waals surface area contributed by atoms with Crippen molar-refractivity contribution in [1.29, 1.82) is 0 Å². The zero-order valence-electron chi connectivity index (χ0n) is 26.7. The molecule has 0 amide bonds. The molecule has 0 aliphatic rings. The second-order valence-electron chi connectivity index (χ2n) is 12.4. The maximum Gasteiger partial charge on any atom is 0.305 e. The summed E-state index contributed by atoms with van der Waals surface area (Å²) in [5, 5.41) is 28.4. The first-order chi connectivity index (χ1) is 24.1. The fourth-order valence-corrected chi connectivity index (χ4v) is 8.26. The van der Waals surface area contributed by atoms with Gasteiger partial charge in [0.15, 0.2) is 11.0 Å². The van der Waals surface area contributed by atoms with Crippen LogP contribution in [-0.4, -0.2) is 32.0 Å². The van der Waals surface area contributed by atoms with Crippen LogP contribution in [0.25, 0.3) is 87.4 Å². The average molecular weight is 655 g/mol. The van der Waals surface area contributed by atoms with Crippen molar-refractivity contribution in [2.24, 2.45) is 0 Å². The number of hydrogen-bond donors (Lipinski definition) is 1. The molecule has 0 aliphatic heterocycles. The lowest BCUT2D eigenvalue weighted by atomic mass is 9.92. The van der Waals surface area contributed by atoms with Gasteiger partial charge in [-0.3, -0.25) is 0 Å². The average Bonchev–Trinajstić information content (AvgIpc) is 3.76.